The quantitative estimate of drug-likeness (QED) is 0.635. The van der Waals surface area contributed by atoms with E-state index in [4.69, 9.17) is 9.47 Å². The number of ether oxygens (including phenoxy) is 2. The van der Waals surface area contributed by atoms with Crippen molar-refractivity contribution in [2.75, 3.05) is 31.8 Å². The maximum absolute atomic E-state index is 13.1. The minimum Gasteiger partial charge on any atom is -0.495 e. The number of rotatable bonds is 7. The summed E-state index contributed by atoms with van der Waals surface area (Å²) in [5.74, 6) is -1.28. The molecule has 2 atom stereocenters. The van der Waals surface area contributed by atoms with Crippen LogP contribution in [0.3, 0.4) is 0 Å². The summed E-state index contributed by atoms with van der Waals surface area (Å²) in [5, 5.41) is 1.52. The van der Waals surface area contributed by atoms with Crippen LogP contribution in [0, 0.1) is 6.92 Å². The average molecular weight is 405 g/mol. The summed E-state index contributed by atoms with van der Waals surface area (Å²) >= 11 is 0. The first kappa shape index (κ1) is 20.7. The van der Waals surface area contributed by atoms with Crippen LogP contribution in [0.2, 0.25) is 0 Å². The van der Waals surface area contributed by atoms with Crippen LogP contribution in [-0.4, -0.2) is 65.9 Å². The first-order chi connectivity index (χ1) is 12.1. The van der Waals surface area contributed by atoms with Crippen LogP contribution in [0.15, 0.2) is 23.1 Å². The number of esters is 1. The van der Waals surface area contributed by atoms with Gasteiger partial charge in [-0.3, -0.25) is 4.79 Å². The van der Waals surface area contributed by atoms with Crippen molar-refractivity contribution in [1.29, 1.82) is 0 Å². The van der Waals surface area contributed by atoms with E-state index in [1.165, 1.54) is 19.2 Å². The normalized spacial score (nSPS) is 22.1. The summed E-state index contributed by atoms with van der Waals surface area (Å²) < 4.78 is 60.3. The number of carbonyl (C=O) groups is 1. The molecule has 0 bridgehead atoms. The van der Waals surface area contributed by atoms with Crippen molar-refractivity contribution in [1.82, 2.24) is 5.32 Å². The highest BCUT2D eigenvalue weighted by molar-refractivity contribution is 7.96. The Labute approximate surface area is 153 Å². The fourth-order valence-corrected chi connectivity index (χ4v) is 7.87. The second kappa shape index (κ2) is 7.93. The molecule has 0 unspecified atom stereocenters. The zero-order valence-electron chi connectivity index (χ0n) is 14.9. The number of carbonyl (C=O) groups excluding carboxylic acids is 1. The second-order valence-corrected chi connectivity index (χ2v) is 10.4. The van der Waals surface area contributed by atoms with E-state index in [0.29, 0.717) is 5.56 Å². The molecule has 146 valence electrons. The average Bonchev–Trinajstić information content (AvgIpc) is 2.89. The maximum Gasteiger partial charge on any atom is 0.319 e. The molecule has 1 aromatic carbocycles. The molecular weight excluding hydrogens is 382 g/mol. The van der Waals surface area contributed by atoms with Crippen LogP contribution >= 0.6 is 0 Å². The number of methoxy groups -OCH3 is 1. The van der Waals surface area contributed by atoms with Crippen molar-refractivity contribution in [3.05, 3.63) is 23.8 Å². The second-order valence-electron chi connectivity index (χ2n) is 6.11. The van der Waals surface area contributed by atoms with Gasteiger partial charge in [0.1, 0.15) is 10.6 Å². The Morgan fingerprint density at radius 3 is 2.62 bits per heavy atom. The first-order valence-electron chi connectivity index (χ1n) is 8.08. The molecule has 0 aromatic heterocycles. The fraction of sp³-hybridized carbons (Fsp3) is 0.562. The Morgan fingerprint density at radius 1 is 1.31 bits per heavy atom. The molecule has 0 radical (unpaired) electrons. The van der Waals surface area contributed by atoms with Crippen molar-refractivity contribution in [2.24, 2.45) is 0 Å². The fourth-order valence-electron chi connectivity index (χ4n) is 2.91. The third-order valence-electron chi connectivity index (χ3n) is 4.14. The summed E-state index contributed by atoms with van der Waals surface area (Å²) in [6.45, 7) is 3.31. The lowest BCUT2D eigenvalue weighted by Crippen LogP contribution is -2.45. The SMILES string of the molecule is CCOC(=O)CN[C@H]1CS(=O)(=O)C[C@@H]1S(=O)(=O)c1cc(C)ccc1OC. The number of nitrogens with one attached hydrogen (secondary N) is 1. The molecule has 2 rings (SSSR count). The summed E-state index contributed by atoms with van der Waals surface area (Å²) in [6.07, 6.45) is 0. The van der Waals surface area contributed by atoms with Gasteiger partial charge >= 0.3 is 5.97 Å². The van der Waals surface area contributed by atoms with Gasteiger partial charge in [0, 0.05) is 6.04 Å². The molecule has 0 aliphatic carbocycles. The van der Waals surface area contributed by atoms with Crippen LogP contribution in [0.4, 0.5) is 0 Å². The van der Waals surface area contributed by atoms with Crippen molar-refractivity contribution < 1.29 is 31.1 Å². The smallest absolute Gasteiger partial charge is 0.319 e. The third kappa shape index (κ3) is 4.54. The zero-order chi connectivity index (χ0) is 19.5. The van der Waals surface area contributed by atoms with Crippen molar-refractivity contribution in [3.8, 4) is 5.75 Å². The topological polar surface area (TPSA) is 116 Å². The van der Waals surface area contributed by atoms with E-state index in [2.05, 4.69) is 5.32 Å². The van der Waals surface area contributed by atoms with Gasteiger partial charge in [-0.05, 0) is 31.5 Å². The van der Waals surface area contributed by atoms with E-state index >= 15 is 0 Å². The van der Waals surface area contributed by atoms with Gasteiger partial charge in [-0.15, -0.1) is 0 Å². The van der Waals surface area contributed by atoms with Gasteiger partial charge in [-0.1, -0.05) is 6.07 Å². The van der Waals surface area contributed by atoms with E-state index in [9.17, 15) is 21.6 Å². The molecule has 1 aliphatic heterocycles. The molecule has 0 saturated carbocycles. The van der Waals surface area contributed by atoms with Crippen LogP contribution in [0.25, 0.3) is 0 Å². The van der Waals surface area contributed by atoms with Gasteiger partial charge in [0.05, 0.1) is 37.0 Å². The Hall–Kier alpha value is -1.65. The zero-order valence-corrected chi connectivity index (χ0v) is 16.5. The summed E-state index contributed by atoms with van der Waals surface area (Å²) in [5.41, 5.74) is 0.710. The number of aryl methyl sites for hydroxylation is 1. The molecule has 0 amide bonds. The standard InChI is InChI=1S/C16H23NO7S2/c1-4-24-16(18)8-17-12-9-25(19,20)10-15(12)26(21,22)14-7-11(2)5-6-13(14)23-3/h5-7,12,15,17H,4,8-10H2,1-3H3/t12-,15-/m0/s1. The van der Waals surface area contributed by atoms with E-state index in [1.54, 1.807) is 19.9 Å². The number of hydrogen-bond acceptors (Lipinski definition) is 8. The molecule has 26 heavy (non-hydrogen) atoms. The first-order valence-corrected chi connectivity index (χ1v) is 11.5. The summed E-state index contributed by atoms with van der Waals surface area (Å²) in [6, 6.07) is 3.80. The highest BCUT2D eigenvalue weighted by atomic mass is 32.2. The molecule has 1 heterocycles. The van der Waals surface area contributed by atoms with Crippen LogP contribution in [0.5, 0.6) is 5.75 Å². The van der Waals surface area contributed by atoms with Gasteiger partial charge in [-0.2, -0.15) is 0 Å². The molecule has 1 aliphatic rings. The maximum atomic E-state index is 13.1. The monoisotopic (exact) mass is 405 g/mol. The summed E-state index contributed by atoms with van der Waals surface area (Å²) in [7, 11) is -6.21. The minimum atomic E-state index is -4.00. The number of hydrogen-bond donors (Lipinski definition) is 1. The van der Waals surface area contributed by atoms with Crippen molar-refractivity contribution in [2.45, 2.75) is 30.0 Å². The van der Waals surface area contributed by atoms with Crippen molar-refractivity contribution >= 4 is 25.6 Å². The van der Waals surface area contributed by atoms with Gasteiger partial charge in [0.15, 0.2) is 19.7 Å². The van der Waals surface area contributed by atoms with Crippen LogP contribution in [-0.2, 0) is 29.2 Å². The molecule has 0 spiro atoms. The third-order valence-corrected chi connectivity index (χ3v) is 8.31. The highest BCUT2D eigenvalue weighted by Crippen LogP contribution is 2.32. The minimum absolute atomic E-state index is 0.0509. The largest absolute Gasteiger partial charge is 0.495 e. The van der Waals surface area contributed by atoms with E-state index in [0.717, 1.165) is 0 Å². The lowest BCUT2D eigenvalue weighted by Gasteiger charge is -2.21. The van der Waals surface area contributed by atoms with Gasteiger partial charge in [-0.25, -0.2) is 16.8 Å². The lowest BCUT2D eigenvalue weighted by atomic mass is 10.2. The number of benzene rings is 1. The number of sulfone groups is 2. The molecule has 1 fully saturated rings. The molecule has 1 aromatic rings. The highest BCUT2D eigenvalue weighted by Gasteiger charge is 2.46. The predicted molar refractivity (Wildman–Crippen MR) is 95.8 cm³/mol. The van der Waals surface area contributed by atoms with Crippen molar-refractivity contribution in [3.63, 3.8) is 0 Å². The molecular formula is C16H23NO7S2. The summed E-state index contributed by atoms with van der Waals surface area (Å²) in [4.78, 5) is 11.5. The molecule has 1 N–H and O–H groups in total. The Bertz CT molecular complexity index is 878. The lowest BCUT2D eigenvalue weighted by molar-refractivity contribution is -0.142. The van der Waals surface area contributed by atoms with E-state index in [1.807, 2.05) is 0 Å². The van der Waals surface area contributed by atoms with Crippen LogP contribution in [0.1, 0.15) is 12.5 Å². The Kier molecular flexibility index (Phi) is 6.30. The van der Waals surface area contributed by atoms with Gasteiger partial charge < -0.3 is 14.8 Å². The Morgan fingerprint density at radius 2 is 2.00 bits per heavy atom. The predicted octanol–water partition coefficient (Wildman–Crippen LogP) is 0.0956. The van der Waals surface area contributed by atoms with Crippen LogP contribution < -0.4 is 10.1 Å². The Balaban J connectivity index is 2.36. The molecule has 8 nitrogen and oxygen atoms in total. The van der Waals surface area contributed by atoms with E-state index < -0.39 is 42.7 Å². The van der Waals surface area contributed by atoms with E-state index in [-0.39, 0.29) is 29.5 Å². The molecule has 10 heteroatoms. The van der Waals surface area contributed by atoms with Gasteiger partial charge in [0.25, 0.3) is 0 Å². The van der Waals surface area contributed by atoms with Gasteiger partial charge in [0.2, 0.25) is 0 Å². The molecule has 1 saturated heterocycles.